The van der Waals surface area contributed by atoms with Crippen LogP contribution >= 0.6 is 0 Å². The molecule has 0 spiro atoms. The van der Waals surface area contributed by atoms with Crippen molar-refractivity contribution < 1.29 is 27.8 Å². The Labute approximate surface area is 187 Å². The summed E-state index contributed by atoms with van der Waals surface area (Å²) in [5.41, 5.74) is 4.55. The van der Waals surface area contributed by atoms with Crippen molar-refractivity contribution in [3.05, 3.63) is 35.8 Å². The number of aliphatic hydroxyl groups is 1. The summed E-state index contributed by atoms with van der Waals surface area (Å²) in [5.74, 6) is -0.551. The number of pyridine rings is 1. The average molecular weight is 466 g/mol. The SMILES string of the molecule is COc1ncc(-c2cc(C(F)(F)F)c3c(N)ncnn23)cc1C(=O)NCCC(O)CC(C)C. The molecule has 3 rings (SSSR count). The summed E-state index contributed by atoms with van der Waals surface area (Å²) in [6.45, 7) is 4.17. The normalized spacial score (nSPS) is 12.8. The number of nitrogens with zero attached hydrogens (tertiary/aromatic N) is 4. The fraction of sp³-hybridized carbons (Fsp3) is 0.429. The fourth-order valence-electron chi connectivity index (χ4n) is 3.52. The Morgan fingerprint density at radius 1 is 1.30 bits per heavy atom. The molecule has 3 aromatic rings. The first-order valence-electron chi connectivity index (χ1n) is 10.2. The second-order valence-corrected chi connectivity index (χ2v) is 7.96. The van der Waals surface area contributed by atoms with E-state index in [9.17, 15) is 23.1 Å². The molecule has 0 fully saturated rings. The van der Waals surface area contributed by atoms with Gasteiger partial charge in [-0.1, -0.05) is 13.8 Å². The first-order valence-corrected chi connectivity index (χ1v) is 10.2. The van der Waals surface area contributed by atoms with Crippen molar-refractivity contribution in [2.75, 3.05) is 19.4 Å². The molecule has 0 aliphatic rings. The molecule has 1 atom stereocenters. The summed E-state index contributed by atoms with van der Waals surface area (Å²) in [5, 5.41) is 16.6. The number of halogens is 3. The molecule has 33 heavy (non-hydrogen) atoms. The van der Waals surface area contributed by atoms with Crippen molar-refractivity contribution in [3.8, 4) is 17.1 Å². The number of amides is 1. The van der Waals surface area contributed by atoms with E-state index in [2.05, 4.69) is 20.4 Å². The van der Waals surface area contributed by atoms with Gasteiger partial charge in [-0.05, 0) is 30.9 Å². The number of alkyl halides is 3. The average Bonchev–Trinajstić information content (AvgIpc) is 3.14. The number of nitrogen functional groups attached to an aromatic ring is 1. The molecule has 0 aliphatic heterocycles. The number of carbonyl (C=O) groups excluding carboxylic acids is 1. The van der Waals surface area contributed by atoms with E-state index < -0.39 is 23.8 Å². The van der Waals surface area contributed by atoms with Gasteiger partial charge in [-0.25, -0.2) is 14.5 Å². The number of ether oxygens (including phenoxy) is 1. The van der Waals surface area contributed by atoms with Gasteiger partial charge in [0.1, 0.15) is 17.4 Å². The summed E-state index contributed by atoms with van der Waals surface area (Å²) < 4.78 is 46.9. The highest BCUT2D eigenvalue weighted by Gasteiger charge is 2.36. The van der Waals surface area contributed by atoms with Crippen LogP contribution in [-0.2, 0) is 6.18 Å². The largest absolute Gasteiger partial charge is 0.480 e. The zero-order valence-electron chi connectivity index (χ0n) is 18.3. The monoisotopic (exact) mass is 466 g/mol. The second kappa shape index (κ2) is 9.61. The topological polar surface area (TPSA) is 128 Å². The molecular weight excluding hydrogens is 441 g/mol. The Balaban J connectivity index is 1.95. The van der Waals surface area contributed by atoms with Crippen LogP contribution in [0.25, 0.3) is 16.8 Å². The van der Waals surface area contributed by atoms with Crippen molar-refractivity contribution >= 4 is 17.2 Å². The molecular formula is C21H25F3N6O3. The van der Waals surface area contributed by atoms with E-state index in [1.165, 1.54) is 19.4 Å². The maximum Gasteiger partial charge on any atom is 0.418 e. The van der Waals surface area contributed by atoms with E-state index in [-0.39, 0.29) is 40.6 Å². The lowest BCUT2D eigenvalue weighted by Gasteiger charge is -2.14. The highest BCUT2D eigenvalue weighted by molar-refractivity contribution is 5.97. The number of aromatic nitrogens is 4. The molecule has 4 N–H and O–H groups in total. The Kier molecular flexibility index (Phi) is 7.06. The molecule has 1 amide bonds. The van der Waals surface area contributed by atoms with E-state index in [0.29, 0.717) is 18.8 Å². The van der Waals surface area contributed by atoms with Crippen molar-refractivity contribution in [2.45, 2.75) is 39.0 Å². The van der Waals surface area contributed by atoms with Gasteiger partial charge in [-0.15, -0.1) is 0 Å². The van der Waals surface area contributed by atoms with Gasteiger partial charge < -0.3 is 20.9 Å². The van der Waals surface area contributed by atoms with Crippen LogP contribution in [0.15, 0.2) is 24.7 Å². The summed E-state index contributed by atoms with van der Waals surface area (Å²) in [6.07, 6.45) is -1.98. The van der Waals surface area contributed by atoms with Gasteiger partial charge >= 0.3 is 6.18 Å². The van der Waals surface area contributed by atoms with Crippen LogP contribution in [0.2, 0.25) is 0 Å². The van der Waals surface area contributed by atoms with Gasteiger partial charge in [0.05, 0.1) is 24.5 Å². The first kappa shape index (κ1) is 24.2. The lowest BCUT2D eigenvalue weighted by molar-refractivity contribution is -0.136. The number of hydrogen-bond donors (Lipinski definition) is 3. The van der Waals surface area contributed by atoms with Crippen LogP contribution in [0, 0.1) is 5.92 Å². The van der Waals surface area contributed by atoms with Crippen LogP contribution in [0.1, 0.15) is 42.6 Å². The zero-order valence-corrected chi connectivity index (χ0v) is 18.3. The molecule has 0 saturated heterocycles. The molecule has 0 bridgehead atoms. The second-order valence-electron chi connectivity index (χ2n) is 7.96. The quantitative estimate of drug-likeness (QED) is 0.466. The smallest absolute Gasteiger partial charge is 0.418 e. The molecule has 0 saturated carbocycles. The van der Waals surface area contributed by atoms with Gasteiger partial charge in [-0.3, -0.25) is 4.79 Å². The summed E-state index contributed by atoms with van der Waals surface area (Å²) in [7, 11) is 1.33. The van der Waals surface area contributed by atoms with Gasteiger partial charge in [-0.2, -0.15) is 18.3 Å². The number of nitrogens with two attached hydrogens (primary N) is 1. The number of carbonyl (C=O) groups is 1. The van der Waals surface area contributed by atoms with Gasteiger partial charge in [0.2, 0.25) is 5.88 Å². The summed E-state index contributed by atoms with van der Waals surface area (Å²) in [6, 6.07) is 2.25. The van der Waals surface area contributed by atoms with Crippen molar-refractivity contribution in [2.24, 2.45) is 5.92 Å². The first-order chi connectivity index (χ1) is 15.5. The van der Waals surface area contributed by atoms with Crippen LogP contribution in [0.3, 0.4) is 0 Å². The molecule has 178 valence electrons. The Morgan fingerprint density at radius 3 is 2.67 bits per heavy atom. The van der Waals surface area contributed by atoms with Crippen LogP contribution in [0.4, 0.5) is 19.0 Å². The number of hydrogen-bond acceptors (Lipinski definition) is 7. The minimum atomic E-state index is -4.70. The fourth-order valence-corrected chi connectivity index (χ4v) is 3.52. The molecule has 9 nitrogen and oxygen atoms in total. The van der Waals surface area contributed by atoms with Gasteiger partial charge in [0.25, 0.3) is 5.91 Å². The Hall–Kier alpha value is -3.41. The lowest BCUT2D eigenvalue weighted by atomic mass is 10.0. The molecule has 0 radical (unpaired) electrons. The number of methoxy groups -OCH3 is 1. The number of anilines is 1. The number of nitrogens with one attached hydrogen (secondary N) is 1. The third-order valence-corrected chi connectivity index (χ3v) is 4.98. The maximum absolute atomic E-state index is 13.6. The van der Waals surface area contributed by atoms with E-state index in [0.717, 1.165) is 16.9 Å². The molecule has 3 heterocycles. The van der Waals surface area contributed by atoms with Crippen LogP contribution in [-0.4, -0.2) is 50.4 Å². The number of aliphatic hydroxyl groups excluding tert-OH is 1. The van der Waals surface area contributed by atoms with Gasteiger partial charge in [0.15, 0.2) is 5.82 Å². The predicted molar refractivity (Wildman–Crippen MR) is 115 cm³/mol. The standard InChI is InChI=1S/C21H25F3N6O3/c1-11(2)6-13(31)4-5-26-19(32)14-7-12(9-27-20(14)33-3)16-8-15(21(22,23)24)17-18(25)28-10-29-30(16)17/h7-11,13,31H,4-6H2,1-3H3,(H,26,32)(H2,25,28,29). The molecule has 1 unspecified atom stereocenters. The maximum atomic E-state index is 13.6. The lowest BCUT2D eigenvalue weighted by Crippen LogP contribution is -2.28. The minimum absolute atomic E-state index is 0.00465. The van der Waals surface area contributed by atoms with E-state index in [1.807, 2.05) is 13.8 Å². The molecule has 3 aromatic heterocycles. The van der Waals surface area contributed by atoms with Crippen molar-refractivity contribution in [3.63, 3.8) is 0 Å². The summed E-state index contributed by atoms with van der Waals surface area (Å²) >= 11 is 0. The van der Waals surface area contributed by atoms with E-state index >= 15 is 0 Å². The summed E-state index contributed by atoms with van der Waals surface area (Å²) in [4.78, 5) is 20.5. The van der Waals surface area contributed by atoms with E-state index in [1.54, 1.807) is 0 Å². The van der Waals surface area contributed by atoms with Crippen molar-refractivity contribution in [1.82, 2.24) is 24.9 Å². The predicted octanol–water partition coefficient (Wildman–Crippen LogP) is 2.93. The van der Waals surface area contributed by atoms with Crippen LogP contribution in [0.5, 0.6) is 5.88 Å². The number of rotatable bonds is 8. The van der Waals surface area contributed by atoms with Crippen LogP contribution < -0.4 is 15.8 Å². The van der Waals surface area contributed by atoms with E-state index in [4.69, 9.17) is 10.5 Å². The Morgan fingerprint density at radius 2 is 2.03 bits per heavy atom. The molecule has 0 aromatic carbocycles. The number of fused-ring (bicyclic) bond motifs is 1. The Bertz CT molecular complexity index is 1150. The third-order valence-electron chi connectivity index (χ3n) is 4.98. The molecule has 0 aliphatic carbocycles. The van der Waals surface area contributed by atoms with Crippen molar-refractivity contribution in [1.29, 1.82) is 0 Å². The third kappa shape index (κ3) is 5.33. The van der Waals surface area contributed by atoms with Gasteiger partial charge in [0, 0.05) is 18.3 Å². The minimum Gasteiger partial charge on any atom is -0.480 e. The highest BCUT2D eigenvalue weighted by Crippen LogP contribution is 2.38. The highest BCUT2D eigenvalue weighted by atomic mass is 19.4. The molecule has 12 heteroatoms. The zero-order chi connectivity index (χ0) is 24.3.